The second kappa shape index (κ2) is 7.47. The highest BCUT2D eigenvalue weighted by Crippen LogP contribution is 2.14. The number of tetrazole rings is 1. The van der Waals surface area contributed by atoms with Crippen molar-refractivity contribution >= 4 is 22.9 Å². The summed E-state index contributed by atoms with van der Waals surface area (Å²) in [6, 6.07) is 12.3. The Morgan fingerprint density at radius 1 is 1.24 bits per heavy atom. The van der Waals surface area contributed by atoms with E-state index in [1.807, 2.05) is 6.07 Å². The van der Waals surface area contributed by atoms with Gasteiger partial charge in [0.15, 0.2) is 0 Å². The molecule has 0 aliphatic carbocycles. The number of hydrogen-bond acceptors (Lipinski definition) is 7. The van der Waals surface area contributed by atoms with Crippen molar-refractivity contribution in [1.29, 1.82) is 5.26 Å². The van der Waals surface area contributed by atoms with Gasteiger partial charge in [0.1, 0.15) is 11.6 Å². The number of aromatic nitrogens is 5. The van der Waals surface area contributed by atoms with Crippen LogP contribution in [0.5, 0.6) is 0 Å². The first-order valence-electron chi connectivity index (χ1n) is 7.18. The summed E-state index contributed by atoms with van der Waals surface area (Å²) in [5.74, 6) is -0.0835. The Hall–Kier alpha value is -4.06. The van der Waals surface area contributed by atoms with Gasteiger partial charge >= 0.3 is 0 Å². The number of allylic oxidation sites excluding steroid dienone is 1. The van der Waals surface area contributed by atoms with Crippen molar-refractivity contribution in [3.63, 3.8) is 0 Å². The fourth-order valence-electron chi connectivity index (χ4n) is 1.97. The van der Waals surface area contributed by atoms with E-state index in [2.05, 4.69) is 36.2 Å². The van der Waals surface area contributed by atoms with E-state index in [-0.39, 0.29) is 17.3 Å². The standard InChI is InChI=1S/C16H12N8O/c17-8-12(15-21-23-24-22-15)9-19-13-4-1-3-11(7-13)16(25)20-14-5-2-6-18-10-14/h1-7,9-10,19H,(H,20,25)(H,21,22,23,24). The van der Waals surface area contributed by atoms with Crippen LogP contribution in [0.3, 0.4) is 0 Å². The van der Waals surface area contributed by atoms with E-state index in [1.54, 1.807) is 48.8 Å². The summed E-state index contributed by atoms with van der Waals surface area (Å²) in [6.07, 6.45) is 4.64. The first-order valence-corrected chi connectivity index (χ1v) is 7.18. The predicted octanol–water partition coefficient (Wildman–Crippen LogP) is 1.82. The van der Waals surface area contributed by atoms with Gasteiger partial charge in [-0.05, 0) is 35.5 Å². The van der Waals surface area contributed by atoms with Crippen LogP contribution in [0, 0.1) is 11.3 Å². The van der Waals surface area contributed by atoms with Crippen LogP contribution in [0.1, 0.15) is 16.2 Å². The summed E-state index contributed by atoms with van der Waals surface area (Å²) in [5.41, 5.74) is 1.91. The number of nitrogens with one attached hydrogen (secondary N) is 3. The number of aromatic amines is 1. The topological polar surface area (TPSA) is 132 Å². The molecule has 3 aromatic rings. The SMILES string of the molecule is N#CC(=CNc1cccc(C(=O)Nc2cccnc2)c1)c1nn[nH]n1. The van der Waals surface area contributed by atoms with Crippen LogP contribution in [0.2, 0.25) is 0 Å². The molecule has 122 valence electrons. The van der Waals surface area contributed by atoms with E-state index >= 15 is 0 Å². The number of anilines is 2. The fraction of sp³-hybridized carbons (Fsp3) is 0. The van der Waals surface area contributed by atoms with Crippen LogP contribution < -0.4 is 10.6 Å². The maximum atomic E-state index is 12.3. The van der Waals surface area contributed by atoms with Crippen LogP contribution in [0.15, 0.2) is 55.0 Å². The highest BCUT2D eigenvalue weighted by Gasteiger charge is 2.08. The number of rotatable bonds is 5. The molecule has 2 heterocycles. The molecule has 0 spiro atoms. The van der Waals surface area contributed by atoms with Gasteiger partial charge in [0.25, 0.3) is 5.91 Å². The number of amides is 1. The molecule has 0 bridgehead atoms. The van der Waals surface area contributed by atoms with E-state index in [0.717, 1.165) is 0 Å². The number of carbonyl (C=O) groups excluding carboxylic acids is 1. The molecular formula is C16H12N8O. The lowest BCUT2D eigenvalue weighted by molar-refractivity contribution is 0.102. The molecule has 3 N–H and O–H groups in total. The molecular weight excluding hydrogens is 320 g/mol. The first kappa shape index (κ1) is 15.8. The molecule has 1 aromatic carbocycles. The van der Waals surface area contributed by atoms with Gasteiger partial charge in [-0.3, -0.25) is 9.78 Å². The highest BCUT2D eigenvalue weighted by atomic mass is 16.1. The van der Waals surface area contributed by atoms with Gasteiger partial charge < -0.3 is 10.6 Å². The molecule has 2 aromatic heterocycles. The molecule has 0 saturated heterocycles. The Kier molecular flexibility index (Phi) is 4.73. The molecule has 0 aliphatic rings. The number of H-pyrrole nitrogens is 1. The van der Waals surface area contributed by atoms with E-state index in [9.17, 15) is 4.79 Å². The third-order valence-electron chi connectivity index (χ3n) is 3.13. The molecule has 25 heavy (non-hydrogen) atoms. The van der Waals surface area contributed by atoms with Gasteiger partial charge in [-0.2, -0.15) is 10.5 Å². The quantitative estimate of drug-likeness (QED) is 0.607. The van der Waals surface area contributed by atoms with Gasteiger partial charge in [0, 0.05) is 23.6 Å². The van der Waals surface area contributed by atoms with E-state index in [1.165, 1.54) is 6.20 Å². The second-order valence-corrected chi connectivity index (χ2v) is 4.83. The van der Waals surface area contributed by atoms with Crippen LogP contribution >= 0.6 is 0 Å². The van der Waals surface area contributed by atoms with Crippen LogP contribution in [0.25, 0.3) is 5.57 Å². The molecule has 0 atom stereocenters. The van der Waals surface area contributed by atoms with Gasteiger partial charge in [0.05, 0.1) is 11.9 Å². The van der Waals surface area contributed by atoms with Crippen molar-refractivity contribution in [2.75, 3.05) is 10.6 Å². The van der Waals surface area contributed by atoms with Crippen molar-refractivity contribution in [2.24, 2.45) is 0 Å². The Morgan fingerprint density at radius 3 is 2.84 bits per heavy atom. The second-order valence-electron chi connectivity index (χ2n) is 4.83. The molecule has 9 heteroatoms. The smallest absolute Gasteiger partial charge is 0.255 e. The Morgan fingerprint density at radius 2 is 2.12 bits per heavy atom. The number of carbonyl (C=O) groups is 1. The van der Waals surface area contributed by atoms with Crippen LogP contribution in [-0.2, 0) is 0 Å². The Labute approximate surface area is 142 Å². The maximum absolute atomic E-state index is 12.3. The molecule has 0 aliphatic heterocycles. The molecule has 0 radical (unpaired) electrons. The number of benzene rings is 1. The lowest BCUT2D eigenvalue weighted by Gasteiger charge is -2.07. The minimum Gasteiger partial charge on any atom is -0.360 e. The summed E-state index contributed by atoms with van der Waals surface area (Å²) < 4.78 is 0. The van der Waals surface area contributed by atoms with Crippen molar-refractivity contribution in [1.82, 2.24) is 25.6 Å². The zero-order chi connectivity index (χ0) is 17.5. The number of hydrogen-bond donors (Lipinski definition) is 3. The van der Waals surface area contributed by atoms with Gasteiger partial charge in [-0.15, -0.1) is 10.2 Å². The Balaban J connectivity index is 1.73. The van der Waals surface area contributed by atoms with Crippen LogP contribution in [-0.4, -0.2) is 31.5 Å². The fourth-order valence-corrected chi connectivity index (χ4v) is 1.97. The van der Waals surface area contributed by atoms with Gasteiger partial charge in [-0.1, -0.05) is 6.07 Å². The largest absolute Gasteiger partial charge is 0.360 e. The molecule has 0 saturated carbocycles. The first-order chi connectivity index (χ1) is 12.3. The van der Waals surface area contributed by atoms with E-state index in [0.29, 0.717) is 16.9 Å². The van der Waals surface area contributed by atoms with E-state index in [4.69, 9.17) is 5.26 Å². The van der Waals surface area contributed by atoms with Crippen molar-refractivity contribution < 1.29 is 4.79 Å². The summed E-state index contributed by atoms with van der Waals surface area (Å²) in [4.78, 5) is 16.2. The predicted molar refractivity (Wildman–Crippen MR) is 90.0 cm³/mol. The summed E-state index contributed by atoms with van der Waals surface area (Å²) in [6.45, 7) is 0. The molecule has 1 amide bonds. The van der Waals surface area contributed by atoms with Gasteiger partial charge in [0.2, 0.25) is 5.82 Å². The number of nitrogens with zero attached hydrogens (tertiary/aromatic N) is 5. The third-order valence-corrected chi connectivity index (χ3v) is 3.13. The van der Waals surface area contributed by atoms with E-state index < -0.39 is 0 Å². The summed E-state index contributed by atoms with van der Waals surface area (Å²) >= 11 is 0. The van der Waals surface area contributed by atoms with Gasteiger partial charge in [-0.25, -0.2) is 0 Å². The zero-order valence-corrected chi connectivity index (χ0v) is 12.8. The Bertz CT molecular complexity index is 928. The summed E-state index contributed by atoms with van der Waals surface area (Å²) in [5, 5.41) is 28.0. The lowest BCUT2D eigenvalue weighted by atomic mass is 10.2. The highest BCUT2D eigenvalue weighted by molar-refractivity contribution is 6.04. The van der Waals surface area contributed by atoms with Crippen LogP contribution in [0.4, 0.5) is 11.4 Å². The average molecular weight is 332 g/mol. The molecule has 9 nitrogen and oxygen atoms in total. The molecule has 3 rings (SSSR count). The maximum Gasteiger partial charge on any atom is 0.255 e. The van der Waals surface area contributed by atoms with Crippen molar-refractivity contribution in [3.05, 3.63) is 66.4 Å². The van der Waals surface area contributed by atoms with Crippen molar-refractivity contribution in [2.45, 2.75) is 0 Å². The minimum atomic E-state index is -0.265. The number of pyridine rings is 1. The minimum absolute atomic E-state index is 0.181. The lowest BCUT2D eigenvalue weighted by Crippen LogP contribution is -2.12. The molecule has 0 fully saturated rings. The summed E-state index contributed by atoms with van der Waals surface area (Å²) in [7, 11) is 0. The van der Waals surface area contributed by atoms with Crippen molar-refractivity contribution in [3.8, 4) is 6.07 Å². The zero-order valence-electron chi connectivity index (χ0n) is 12.8. The molecule has 0 unspecified atom stereocenters. The number of nitriles is 1. The monoisotopic (exact) mass is 332 g/mol. The average Bonchev–Trinajstić information content (AvgIpc) is 3.18. The third kappa shape index (κ3) is 4.02. The normalized spacial score (nSPS) is 10.8.